The van der Waals surface area contributed by atoms with Crippen molar-refractivity contribution >= 4 is 11.8 Å². The monoisotopic (exact) mass is 163 g/mol. The number of alkyl halides is 1. The van der Waals surface area contributed by atoms with Crippen LogP contribution in [-0.4, -0.2) is 22.7 Å². The van der Waals surface area contributed by atoms with Crippen molar-refractivity contribution in [2.75, 3.05) is 11.5 Å². The van der Waals surface area contributed by atoms with Gasteiger partial charge in [-0.3, -0.25) is 0 Å². The molecule has 0 aromatic heterocycles. The number of hydrogen-bond acceptors (Lipinski definition) is 2. The molecular weight excluding hydrogens is 149 g/mol. The van der Waals surface area contributed by atoms with Gasteiger partial charge in [0.05, 0.1) is 0 Å². The van der Waals surface area contributed by atoms with E-state index in [1.807, 2.05) is 0 Å². The summed E-state index contributed by atoms with van der Waals surface area (Å²) in [5.74, 6) is 1.48. The highest BCUT2D eigenvalue weighted by molar-refractivity contribution is 7.99. The number of rotatable bonds is 1. The molecule has 1 rings (SSSR count). The first-order valence-electron chi connectivity index (χ1n) is 3.51. The van der Waals surface area contributed by atoms with Crippen LogP contribution < -0.4 is 5.73 Å². The largest absolute Gasteiger partial charge is 0.323 e. The maximum atomic E-state index is 13.7. The maximum absolute atomic E-state index is 13.7. The van der Waals surface area contributed by atoms with E-state index >= 15 is 0 Å². The Morgan fingerprint density at radius 3 is 2.40 bits per heavy atom. The second-order valence-corrected chi connectivity index (χ2v) is 4.59. The third-order valence-corrected chi connectivity index (χ3v) is 3.28. The smallest absolute Gasteiger partial charge is 0.138 e. The molecule has 10 heavy (non-hydrogen) atoms. The van der Waals surface area contributed by atoms with E-state index < -0.39 is 11.2 Å². The maximum Gasteiger partial charge on any atom is 0.138 e. The first-order valence-corrected chi connectivity index (χ1v) is 4.67. The summed E-state index contributed by atoms with van der Waals surface area (Å²) >= 11 is 1.65. The van der Waals surface area contributed by atoms with E-state index in [-0.39, 0.29) is 0 Å². The van der Waals surface area contributed by atoms with Crippen LogP contribution >= 0.6 is 11.8 Å². The topological polar surface area (TPSA) is 26.0 Å². The molecule has 0 aliphatic carbocycles. The van der Waals surface area contributed by atoms with Crippen LogP contribution in [0.4, 0.5) is 4.39 Å². The highest BCUT2D eigenvalue weighted by Gasteiger charge is 2.45. The summed E-state index contributed by atoms with van der Waals surface area (Å²) in [6.45, 7) is 3.53. The van der Waals surface area contributed by atoms with Crippen molar-refractivity contribution in [2.24, 2.45) is 5.73 Å². The Kier molecular flexibility index (Phi) is 1.98. The molecule has 0 aromatic rings. The van der Waals surface area contributed by atoms with Gasteiger partial charge in [-0.2, -0.15) is 11.8 Å². The lowest BCUT2D eigenvalue weighted by atomic mass is 9.85. The molecule has 0 bridgehead atoms. The van der Waals surface area contributed by atoms with E-state index in [1.165, 1.54) is 0 Å². The van der Waals surface area contributed by atoms with Gasteiger partial charge in [0.25, 0.3) is 0 Å². The van der Waals surface area contributed by atoms with Crippen LogP contribution in [0.5, 0.6) is 0 Å². The fourth-order valence-electron chi connectivity index (χ4n) is 1.05. The van der Waals surface area contributed by atoms with Gasteiger partial charge in [0.2, 0.25) is 0 Å². The van der Waals surface area contributed by atoms with Crippen LogP contribution in [0.3, 0.4) is 0 Å². The van der Waals surface area contributed by atoms with Crippen molar-refractivity contribution in [1.29, 1.82) is 0 Å². The van der Waals surface area contributed by atoms with Gasteiger partial charge in [-0.15, -0.1) is 0 Å². The first-order chi connectivity index (χ1) is 4.46. The molecule has 1 atom stereocenters. The SMILES string of the molecule is CC(C)(N)C1(F)CCSC1. The van der Waals surface area contributed by atoms with Crippen molar-refractivity contribution in [2.45, 2.75) is 31.5 Å². The molecule has 60 valence electrons. The minimum atomic E-state index is -1.13. The normalized spacial score (nSPS) is 34.8. The zero-order chi connectivity index (χ0) is 7.83. The molecule has 1 saturated heterocycles. The Balaban J connectivity index is 2.67. The van der Waals surface area contributed by atoms with Crippen molar-refractivity contribution < 1.29 is 4.39 Å². The Morgan fingerprint density at radius 2 is 2.20 bits per heavy atom. The number of thioether (sulfide) groups is 1. The number of nitrogens with two attached hydrogens (primary N) is 1. The van der Waals surface area contributed by atoms with Crippen LogP contribution in [-0.2, 0) is 0 Å². The molecule has 2 N–H and O–H groups in total. The Bertz CT molecular complexity index is 124. The van der Waals surface area contributed by atoms with Crippen molar-refractivity contribution in [3.05, 3.63) is 0 Å². The summed E-state index contributed by atoms with van der Waals surface area (Å²) in [5, 5.41) is 0. The minimum absolute atomic E-state index is 0.566. The molecule has 1 aliphatic heterocycles. The lowest BCUT2D eigenvalue weighted by Crippen LogP contribution is -2.53. The molecule has 0 saturated carbocycles. The van der Waals surface area contributed by atoms with E-state index in [2.05, 4.69) is 0 Å². The van der Waals surface area contributed by atoms with Gasteiger partial charge >= 0.3 is 0 Å². The van der Waals surface area contributed by atoms with Crippen LogP contribution in [0.15, 0.2) is 0 Å². The molecule has 0 radical (unpaired) electrons. The van der Waals surface area contributed by atoms with E-state index in [0.717, 1.165) is 5.75 Å². The van der Waals surface area contributed by atoms with E-state index in [9.17, 15) is 4.39 Å². The molecule has 0 aromatic carbocycles. The summed E-state index contributed by atoms with van der Waals surface area (Å²) < 4.78 is 13.7. The Morgan fingerprint density at radius 1 is 1.60 bits per heavy atom. The van der Waals surface area contributed by atoms with Gasteiger partial charge in [-0.05, 0) is 26.0 Å². The fourth-order valence-corrected chi connectivity index (χ4v) is 2.50. The molecule has 0 amide bonds. The lowest BCUT2D eigenvalue weighted by Gasteiger charge is -2.33. The predicted molar refractivity (Wildman–Crippen MR) is 44.0 cm³/mol. The molecule has 1 unspecified atom stereocenters. The standard InChI is InChI=1S/C7H14FNS/c1-6(2,9)7(8)3-4-10-5-7/h3-5,9H2,1-2H3. The van der Waals surface area contributed by atoms with Crippen LogP contribution in [0.1, 0.15) is 20.3 Å². The second kappa shape index (κ2) is 2.38. The van der Waals surface area contributed by atoms with Crippen LogP contribution in [0, 0.1) is 0 Å². The van der Waals surface area contributed by atoms with Crippen molar-refractivity contribution in [3.63, 3.8) is 0 Å². The first kappa shape index (κ1) is 8.34. The summed E-state index contributed by atoms with van der Waals surface area (Å²) in [7, 11) is 0. The fraction of sp³-hybridized carbons (Fsp3) is 1.00. The van der Waals surface area contributed by atoms with Gasteiger partial charge in [0.15, 0.2) is 0 Å². The molecule has 3 heteroatoms. The number of halogens is 1. The summed E-state index contributed by atoms with van der Waals surface area (Å²) in [5.41, 5.74) is 3.89. The molecular formula is C7H14FNS. The van der Waals surface area contributed by atoms with Gasteiger partial charge in [-0.25, -0.2) is 4.39 Å². The molecule has 1 heterocycles. The second-order valence-electron chi connectivity index (χ2n) is 3.49. The predicted octanol–water partition coefficient (Wildman–Crippen LogP) is 1.57. The summed E-state index contributed by atoms with van der Waals surface area (Å²) in [4.78, 5) is 0. The van der Waals surface area contributed by atoms with Gasteiger partial charge in [0.1, 0.15) is 5.67 Å². The Labute approximate surface area is 65.6 Å². The highest BCUT2D eigenvalue weighted by atomic mass is 32.2. The quantitative estimate of drug-likeness (QED) is 0.635. The van der Waals surface area contributed by atoms with E-state index in [0.29, 0.717) is 12.2 Å². The zero-order valence-corrected chi connectivity index (χ0v) is 7.30. The lowest BCUT2D eigenvalue weighted by molar-refractivity contribution is 0.106. The highest BCUT2D eigenvalue weighted by Crippen LogP contribution is 2.38. The van der Waals surface area contributed by atoms with Crippen LogP contribution in [0.25, 0.3) is 0 Å². The van der Waals surface area contributed by atoms with Crippen molar-refractivity contribution in [1.82, 2.24) is 0 Å². The molecule has 1 nitrogen and oxygen atoms in total. The third kappa shape index (κ3) is 1.30. The number of hydrogen-bond donors (Lipinski definition) is 1. The molecule has 1 fully saturated rings. The van der Waals surface area contributed by atoms with Gasteiger partial charge in [-0.1, -0.05) is 0 Å². The average molecular weight is 163 g/mol. The Hall–Kier alpha value is 0.240. The van der Waals surface area contributed by atoms with Crippen LogP contribution in [0.2, 0.25) is 0 Å². The summed E-state index contributed by atoms with van der Waals surface area (Å²) in [6, 6.07) is 0. The van der Waals surface area contributed by atoms with E-state index in [1.54, 1.807) is 25.6 Å². The average Bonchev–Trinajstić information content (AvgIpc) is 2.13. The third-order valence-electron chi connectivity index (χ3n) is 2.13. The summed E-state index contributed by atoms with van der Waals surface area (Å²) in [6.07, 6.45) is 0.612. The minimum Gasteiger partial charge on any atom is -0.323 e. The van der Waals surface area contributed by atoms with Gasteiger partial charge in [0, 0.05) is 11.3 Å². The van der Waals surface area contributed by atoms with Gasteiger partial charge < -0.3 is 5.73 Å². The van der Waals surface area contributed by atoms with E-state index in [4.69, 9.17) is 5.73 Å². The molecule has 0 spiro atoms. The molecule has 1 aliphatic rings. The zero-order valence-electron chi connectivity index (χ0n) is 6.48. The van der Waals surface area contributed by atoms with Crippen molar-refractivity contribution in [3.8, 4) is 0 Å².